The number of carbonyl (C=O) groups excluding carboxylic acids is 2. The maximum atomic E-state index is 13.2. The fraction of sp³-hybridized carbons (Fsp3) is 0.400. The Labute approximate surface area is 186 Å². The molecule has 7 nitrogen and oxygen atoms in total. The molecule has 0 radical (unpaired) electrons. The second kappa shape index (κ2) is 8.30. The van der Waals surface area contributed by atoms with E-state index in [-0.39, 0.29) is 35.9 Å². The summed E-state index contributed by atoms with van der Waals surface area (Å²) < 4.78 is 1.83. The van der Waals surface area contributed by atoms with Gasteiger partial charge in [-0.2, -0.15) is 0 Å². The first-order chi connectivity index (χ1) is 15.5. The van der Waals surface area contributed by atoms with Gasteiger partial charge in [-0.1, -0.05) is 31.2 Å². The number of nitrogens with zero attached hydrogens (tertiary/aromatic N) is 3. The molecule has 0 unspecified atom stereocenters. The van der Waals surface area contributed by atoms with Crippen molar-refractivity contribution in [3.63, 3.8) is 0 Å². The number of hydrogen-bond acceptors (Lipinski definition) is 3. The van der Waals surface area contributed by atoms with Gasteiger partial charge in [-0.3, -0.25) is 14.2 Å². The molecule has 3 aromatic rings. The smallest absolute Gasteiger partial charge is 0.326 e. The second-order valence-corrected chi connectivity index (χ2v) is 8.80. The highest BCUT2D eigenvalue weighted by molar-refractivity contribution is 6.00. The predicted molar refractivity (Wildman–Crippen MR) is 124 cm³/mol. The molecular formula is C25H28N4O3. The number of imidazole rings is 1. The molecule has 2 aliphatic rings. The number of aromatic amines is 1. The molecule has 2 fully saturated rings. The highest BCUT2D eigenvalue weighted by Crippen LogP contribution is 2.30. The van der Waals surface area contributed by atoms with Crippen LogP contribution < -0.4 is 10.6 Å². The highest BCUT2D eigenvalue weighted by atomic mass is 16.2. The molecule has 0 saturated carbocycles. The van der Waals surface area contributed by atoms with E-state index < -0.39 is 0 Å². The van der Waals surface area contributed by atoms with Crippen molar-refractivity contribution in [2.45, 2.75) is 38.6 Å². The van der Waals surface area contributed by atoms with E-state index in [0.29, 0.717) is 19.6 Å². The Kier molecular flexibility index (Phi) is 5.33. The van der Waals surface area contributed by atoms with Crippen molar-refractivity contribution in [2.24, 2.45) is 5.92 Å². The minimum absolute atomic E-state index is 0.00725. The molecule has 0 spiro atoms. The van der Waals surface area contributed by atoms with Crippen LogP contribution in [0.4, 0.5) is 5.69 Å². The van der Waals surface area contributed by atoms with Gasteiger partial charge in [0.05, 0.1) is 17.0 Å². The number of benzene rings is 2. The average molecular weight is 433 g/mol. The SMILES string of the molecule is CCc1ccc(N2C[C@@H](C(=O)N3CCC(n4c(=O)[nH]c5ccccc54)CC3)CC2=O)cc1. The molecule has 0 bridgehead atoms. The topological polar surface area (TPSA) is 78.4 Å². The number of aryl methyl sites for hydroxylation is 1. The van der Waals surface area contributed by atoms with Gasteiger partial charge in [-0.15, -0.1) is 0 Å². The van der Waals surface area contributed by atoms with Crippen molar-refractivity contribution >= 4 is 28.5 Å². The fourth-order valence-corrected chi connectivity index (χ4v) is 5.07. The minimum atomic E-state index is -0.305. The molecule has 2 aliphatic heterocycles. The lowest BCUT2D eigenvalue weighted by molar-refractivity contribution is -0.137. The Hall–Kier alpha value is -3.35. The number of fused-ring (bicyclic) bond motifs is 1. The molecule has 1 atom stereocenters. The third-order valence-corrected chi connectivity index (χ3v) is 6.90. The highest BCUT2D eigenvalue weighted by Gasteiger charge is 2.38. The van der Waals surface area contributed by atoms with Gasteiger partial charge < -0.3 is 14.8 Å². The van der Waals surface area contributed by atoms with Gasteiger partial charge in [0.2, 0.25) is 11.8 Å². The zero-order chi connectivity index (χ0) is 22.2. The average Bonchev–Trinajstić information content (AvgIpc) is 3.38. The first-order valence-electron chi connectivity index (χ1n) is 11.4. The second-order valence-electron chi connectivity index (χ2n) is 8.80. The summed E-state index contributed by atoms with van der Waals surface area (Å²) in [5.74, 6) is -0.246. The van der Waals surface area contributed by atoms with Crippen LogP contribution >= 0.6 is 0 Å². The van der Waals surface area contributed by atoms with Crippen molar-refractivity contribution in [2.75, 3.05) is 24.5 Å². The number of para-hydroxylation sites is 2. The van der Waals surface area contributed by atoms with E-state index in [1.807, 2.05) is 58.0 Å². The lowest BCUT2D eigenvalue weighted by atomic mass is 10.0. The van der Waals surface area contributed by atoms with Crippen molar-refractivity contribution in [3.05, 3.63) is 64.6 Å². The molecule has 7 heteroatoms. The van der Waals surface area contributed by atoms with Gasteiger partial charge in [0, 0.05) is 37.8 Å². The molecule has 1 N–H and O–H groups in total. The zero-order valence-electron chi connectivity index (χ0n) is 18.3. The minimum Gasteiger partial charge on any atom is -0.342 e. The summed E-state index contributed by atoms with van der Waals surface area (Å²) in [7, 11) is 0. The van der Waals surface area contributed by atoms with Gasteiger partial charge >= 0.3 is 5.69 Å². The van der Waals surface area contributed by atoms with Crippen molar-refractivity contribution in [1.82, 2.24) is 14.5 Å². The summed E-state index contributed by atoms with van der Waals surface area (Å²) >= 11 is 0. The zero-order valence-corrected chi connectivity index (χ0v) is 18.3. The van der Waals surface area contributed by atoms with E-state index in [4.69, 9.17) is 0 Å². The summed E-state index contributed by atoms with van der Waals surface area (Å²) in [6.07, 6.45) is 2.68. The fourth-order valence-electron chi connectivity index (χ4n) is 5.07. The Balaban J connectivity index is 1.24. The Morgan fingerprint density at radius 2 is 1.75 bits per heavy atom. The molecule has 0 aliphatic carbocycles. The van der Waals surface area contributed by atoms with E-state index in [2.05, 4.69) is 11.9 Å². The van der Waals surface area contributed by atoms with Crippen molar-refractivity contribution in [3.8, 4) is 0 Å². The molecule has 2 amide bonds. The first kappa shape index (κ1) is 20.5. The van der Waals surface area contributed by atoms with E-state index >= 15 is 0 Å². The maximum absolute atomic E-state index is 13.2. The summed E-state index contributed by atoms with van der Waals surface area (Å²) in [5.41, 5.74) is 3.74. The molecule has 2 aromatic carbocycles. The normalized spacial score (nSPS) is 19.8. The lowest BCUT2D eigenvalue weighted by Crippen LogP contribution is -2.43. The number of nitrogens with one attached hydrogen (secondary N) is 1. The summed E-state index contributed by atoms with van der Waals surface area (Å²) in [6, 6.07) is 15.8. The number of carbonyl (C=O) groups is 2. The van der Waals surface area contributed by atoms with Crippen LogP contribution in [0.25, 0.3) is 11.0 Å². The molecule has 32 heavy (non-hydrogen) atoms. The number of likely N-dealkylation sites (tertiary alicyclic amines) is 1. The third-order valence-electron chi connectivity index (χ3n) is 6.90. The first-order valence-corrected chi connectivity index (χ1v) is 11.4. The summed E-state index contributed by atoms with van der Waals surface area (Å²) in [6.45, 7) is 3.74. The van der Waals surface area contributed by atoms with E-state index in [9.17, 15) is 14.4 Å². The van der Waals surface area contributed by atoms with E-state index in [0.717, 1.165) is 36.0 Å². The van der Waals surface area contributed by atoms with Crippen LogP contribution in [0.3, 0.4) is 0 Å². The number of piperidine rings is 1. The Morgan fingerprint density at radius 3 is 2.47 bits per heavy atom. The van der Waals surface area contributed by atoms with Crippen LogP contribution in [0.2, 0.25) is 0 Å². The van der Waals surface area contributed by atoms with E-state index in [1.165, 1.54) is 5.56 Å². The van der Waals surface area contributed by atoms with Crippen LogP contribution in [0.5, 0.6) is 0 Å². The van der Waals surface area contributed by atoms with Gasteiger partial charge in [0.15, 0.2) is 0 Å². The molecule has 166 valence electrons. The van der Waals surface area contributed by atoms with Crippen molar-refractivity contribution < 1.29 is 9.59 Å². The van der Waals surface area contributed by atoms with Crippen LogP contribution in [0.15, 0.2) is 53.3 Å². The van der Waals surface area contributed by atoms with Crippen LogP contribution in [-0.4, -0.2) is 45.9 Å². The van der Waals surface area contributed by atoms with Crippen LogP contribution in [0, 0.1) is 5.92 Å². The number of H-pyrrole nitrogens is 1. The number of amides is 2. The third kappa shape index (κ3) is 3.61. The molecular weight excluding hydrogens is 404 g/mol. The molecule has 2 saturated heterocycles. The Morgan fingerprint density at radius 1 is 1.03 bits per heavy atom. The molecule has 3 heterocycles. The number of aromatic nitrogens is 2. The van der Waals surface area contributed by atoms with Crippen molar-refractivity contribution in [1.29, 1.82) is 0 Å². The Bertz CT molecular complexity index is 1200. The standard InChI is InChI=1S/C25H28N4O3/c1-2-17-7-9-19(10-8-17)28-16-18(15-23(28)30)24(31)27-13-11-20(12-14-27)29-22-6-4-3-5-21(22)26-25(29)32/h3-10,18,20H,2,11-16H2,1H3,(H,26,32)/t18-/m0/s1. The van der Waals surface area contributed by atoms with E-state index in [1.54, 1.807) is 4.90 Å². The van der Waals surface area contributed by atoms with Gasteiger partial charge in [0.25, 0.3) is 0 Å². The number of anilines is 1. The number of hydrogen-bond donors (Lipinski definition) is 1. The predicted octanol–water partition coefficient (Wildman–Crippen LogP) is 3.11. The summed E-state index contributed by atoms with van der Waals surface area (Å²) in [4.78, 5) is 44.8. The van der Waals surface area contributed by atoms with Crippen LogP contribution in [0.1, 0.15) is 37.8 Å². The van der Waals surface area contributed by atoms with Gasteiger partial charge in [-0.25, -0.2) is 4.79 Å². The molecule has 1 aromatic heterocycles. The lowest BCUT2D eigenvalue weighted by Gasteiger charge is -2.34. The quantitative estimate of drug-likeness (QED) is 0.688. The largest absolute Gasteiger partial charge is 0.342 e. The van der Waals surface area contributed by atoms with Gasteiger partial charge in [0.1, 0.15) is 0 Å². The maximum Gasteiger partial charge on any atom is 0.326 e. The van der Waals surface area contributed by atoms with Gasteiger partial charge in [-0.05, 0) is 49.1 Å². The summed E-state index contributed by atoms with van der Waals surface area (Å²) in [5, 5.41) is 0. The number of rotatable bonds is 4. The van der Waals surface area contributed by atoms with Crippen LogP contribution in [-0.2, 0) is 16.0 Å². The molecule has 5 rings (SSSR count). The monoisotopic (exact) mass is 432 g/mol.